The maximum Gasteiger partial charge on any atom is 0.313 e. The molecule has 0 radical (unpaired) electrons. The van der Waals surface area contributed by atoms with Crippen LogP contribution in [0.1, 0.15) is 67.2 Å². The third-order valence-electron chi connectivity index (χ3n) is 8.66. The molecule has 2 aromatic rings. The van der Waals surface area contributed by atoms with E-state index in [-0.39, 0.29) is 5.75 Å². The maximum atomic E-state index is 12.8. The number of benzene rings is 2. The molecule has 3 aliphatic rings. The first kappa shape index (κ1) is 24.8. The Labute approximate surface area is 210 Å². The zero-order chi connectivity index (χ0) is 25.0. The summed E-state index contributed by atoms with van der Waals surface area (Å²) in [4.78, 5) is 0. The standard InChI is InChI=1S/C29H40NO4S/c1-29(31)16-15-27-26-11-9-22-17-23(10-12-24(22)25(26)13-14-28(27)29)34-35(32,33)19-21-7-5-20(6-8-21)18-30(2,3)4/h5-8,10,12,17,25-28,31H,9,11,13-16,18-19H2,1-4H3/q+1/t25-,26-,27+,28+,29+/m1/s1. The lowest BCUT2D eigenvalue weighted by atomic mass is 9.59. The second kappa shape index (κ2) is 8.89. The molecule has 5 rings (SSSR count). The lowest BCUT2D eigenvalue weighted by molar-refractivity contribution is -0.884. The number of hydrogen-bond acceptors (Lipinski definition) is 4. The molecule has 35 heavy (non-hydrogen) atoms. The van der Waals surface area contributed by atoms with Gasteiger partial charge in [0, 0.05) is 5.56 Å². The van der Waals surface area contributed by atoms with Gasteiger partial charge in [0.2, 0.25) is 0 Å². The highest BCUT2D eigenvalue weighted by atomic mass is 32.2. The highest BCUT2D eigenvalue weighted by Crippen LogP contribution is 2.57. The van der Waals surface area contributed by atoms with Crippen molar-refractivity contribution in [1.29, 1.82) is 0 Å². The number of rotatable bonds is 6. The average Bonchev–Trinajstić information content (AvgIpc) is 3.08. The van der Waals surface area contributed by atoms with Gasteiger partial charge in [-0.15, -0.1) is 0 Å². The maximum absolute atomic E-state index is 12.8. The van der Waals surface area contributed by atoms with Gasteiger partial charge in [-0.05, 0) is 97.9 Å². The fourth-order valence-corrected chi connectivity index (χ4v) is 8.28. The molecule has 2 saturated carbocycles. The van der Waals surface area contributed by atoms with Gasteiger partial charge in [-0.3, -0.25) is 0 Å². The quantitative estimate of drug-likeness (QED) is 0.449. The van der Waals surface area contributed by atoms with Crippen molar-refractivity contribution < 1.29 is 22.2 Å². The summed E-state index contributed by atoms with van der Waals surface area (Å²) < 4.78 is 32.0. The molecule has 0 amide bonds. The van der Waals surface area contributed by atoms with Crippen LogP contribution < -0.4 is 4.18 Å². The number of hydrogen-bond donors (Lipinski definition) is 1. The van der Waals surface area contributed by atoms with Crippen molar-refractivity contribution in [2.75, 3.05) is 21.1 Å². The minimum absolute atomic E-state index is 0.136. The van der Waals surface area contributed by atoms with Gasteiger partial charge in [0.1, 0.15) is 18.0 Å². The van der Waals surface area contributed by atoms with Gasteiger partial charge < -0.3 is 13.8 Å². The van der Waals surface area contributed by atoms with Crippen molar-refractivity contribution in [1.82, 2.24) is 0 Å². The van der Waals surface area contributed by atoms with Gasteiger partial charge in [0.05, 0.1) is 26.7 Å². The lowest BCUT2D eigenvalue weighted by Gasteiger charge is -2.46. The first-order valence-corrected chi connectivity index (χ1v) is 14.6. The largest absolute Gasteiger partial charge is 0.390 e. The normalized spacial score (nSPS) is 30.3. The molecular formula is C29H40NO4S+. The van der Waals surface area contributed by atoms with Crippen LogP contribution in [0.15, 0.2) is 42.5 Å². The molecule has 3 aliphatic carbocycles. The van der Waals surface area contributed by atoms with Crippen LogP contribution >= 0.6 is 0 Å². The number of quaternary nitrogens is 1. The smallest absolute Gasteiger partial charge is 0.313 e. The van der Waals surface area contributed by atoms with Crippen LogP contribution in [0.5, 0.6) is 5.75 Å². The zero-order valence-corrected chi connectivity index (χ0v) is 22.4. The Morgan fingerprint density at radius 3 is 2.40 bits per heavy atom. The first-order chi connectivity index (χ1) is 16.4. The van der Waals surface area contributed by atoms with Gasteiger partial charge in [-0.1, -0.05) is 30.3 Å². The molecule has 5 nitrogen and oxygen atoms in total. The Morgan fingerprint density at radius 1 is 0.971 bits per heavy atom. The lowest BCUT2D eigenvalue weighted by Crippen LogP contribution is -2.40. The van der Waals surface area contributed by atoms with Crippen LogP contribution in [0.2, 0.25) is 0 Å². The predicted octanol–water partition coefficient (Wildman–Crippen LogP) is 5.02. The molecule has 6 heteroatoms. The minimum atomic E-state index is -3.74. The molecule has 0 aromatic heterocycles. The molecule has 0 unspecified atom stereocenters. The van der Waals surface area contributed by atoms with E-state index in [0.29, 0.717) is 29.4 Å². The molecule has 0 bridgehead atoms. The third-order valence-corrected chi connectivity index (χ3v) is 9.80. The summed E-state index contributed by atoms with van der Waals surface area (Å²) in [6, 6.07) is 13.7. The molecule has 0 aliphatic heterocycles. The van der Waals surface area contributed by atoms with E-state index in [4.69, 9.17) is 4.18 Å². The van der Waals surface area contributed by atoms with Gasteiger partial charge in [-0.25, -0.2) is 0 Å². The van der Waals surface area contributed by atoms with Crippen LogP contribution in [-0.4, -0.2) is 44.8 Å². The molecule has 5 atom stereocenters. The van der Waals surface area contributed by atoms with E-state index in [1.165, 1.54) is 16.7 Å². The van der Waals surface area contributed by atoms with Gasteiger partial charge in [0.25, 0.3) is 0 Å². The van der Waals surface area contributed by atoms with Crippen molar-refractivity contribution in [2.45, 2.75) is 69.3 Å². The Balaban J connectivity index is 1.26. The Morgan fingerprint density at radius 2 is 1.69 bits per heavy atom. The molecule has 0 spiro atoms. The van der Waals surface area contributed by atoms with E-state index in [9.17, 15) is 13.5 Å². The monoisotopic (exact) mass is 498 g/mol. The van der Waals surface area contributed by atoms with Crippen molar-refractivity contribution in [3.8, 4) is 5.75 Å². The van der Waals surface area contributed by atoms with Crippen LogP contribution in [0.25, 0.3) is 0 Å². The summed E-state index contributed by atoms with van der Waals surface area (Å²) in [5, 5.41) is 10.8. The Kier molecular flexibility index (Phi) is 6.30. The molecular weight excluding hydrogens is 458 g/mol. The molecule has 1 N–H and O–H groups in total. The van der Waals surface area contributed by atoms with Crippen molar-refractivity contribution >= 4 is 10.1 Å². The minimum Gasteiger partial charge on any atom is -0.390 e. The van der Waals surface area contributed by atoms with Crippen LogP contribution in [-0.2, 0) is 28.8 Å². The number of nitrogens with zero attached hydrogens (tertiary/aromatic N) is 1. The second-order valence-corrected chi connectivity index (χ2v) is 14.0. The second-order valence-electron chi connectivity index (χ2n) is 12.5. The van der Waals surface area contributed by atoms with E-state index in [1.807, 2.05) is 43.3 Å². The summed E-state index contributed by atoms with van der Waals surface area (Å²) in [6.45, 7) is 2.92. The van der Waals surface area contributed by atoms with Crippen molar-refractivity contribution in [2.24, 2.45) is 17.8 Å². The van der Waals surface area contributed by atoms with E-state index >= 15 is 0 Å². The Hall–Kier alpha value is -1.89. The average molecular weight is 499 g/mol. The molecule has 2 fully saturated rings. The predicted molar refractivity (Wildman–Crippen MR) is 138 cm³/mol. The third kappa shape index (κ3) is 5.30. The highest BCUT2D eigenvalue weighted by molar-refractivity contribution is 7.86. The number of aliphatic hydroxyl groups is 1. The van der Waals surface area contributed by atoms with E-state index in [0.717, 1.165) is 55.1 Å². The van der Waals surface area contributed by atoms with Crippen LogP contribution in [0.3, 0.4) is 0 Å². The number of aryl methyl sites for hydroxylation is 1. The van der Waals surface area contributed by atoms with Gasteiger partial charge in [0.15, 0.2) is 0 Å². The molecule has 2 aromatic carbocycles. The fourth-order valence-electron chi connectivity index (χ4n) is 7.22. The molecule has 0 saturated heterocycles. The van der Waals surface area contributed by atoms with Crippen LogP contribution in [0.4, 0.5) is 0 Å². The summed E-state index contributed by atoms with van der Waals surface area (Å²) in [5.41, 5.74) is 4.01. The van der Waals surface area contributed by atoms with E-state index < -0.39 is 15.7 Å². The summed E-state index contributed by atoms with van der Waals surface area (Å²) in [5.74, 6) is 2.47. The van der Waals surface area contributed by atoms with Gasteiger partial charge in [-0.2, -0.15) is 8.42 Å². The zero-order valence-electron chi connectivity index (χ0n) is 21.5. The van der Waals surface area contributed by atoms with Crippen molar-refractivity contribution in [3.05, 3.63) is 64.7 Å². The number of fused-ring (bicyclic) bond motifs is 5. The molecule has 190 valence electrons. The molecule has 0 heterocycles. The van der Waals surface area contributed by atoms with Gasteiger partial charge >= 0.3 is 10.1 Å². The first-order valence-electron chi connectivity index (χ1n) is 13.1. The van der Waals surface area contributed by atoms with E-state index in [1.54, 1.807) is 0 Å². The summed E-state index contributed by atoms with van der Waals surface area (Å²) in [7, 11) is 2.66. The SMILES string of the molecule is C[C@]1(O)CC[C@H]2[C@@H]3CCc4cc(OS(=O)(=O)Cc5ccc(C[N+](C)(C)C)cc5)ccc4[C@H]3CC[C@@H]21. The fraction of sp³-hybridized carbons (Fsp3) is 0.586. The Bertz CT molecular complexity index is 1180. The van der Waals surface area contributed by atoms with Crippen LogP contribution in [0, 0.1) is 17.8 Å². The summed E-state index contributed by atoms with van der Waals surface area (Å²) in [6.07, 6.45) is 6.30. The van der Waals surface area contributed by atoms with Crippen molar-refractivity contribution in [3.63, 3.8) is 0 Å². The highest BCUT2D eigenvalue weighted by Gasteiger charge is 2.51. The van der Waals surface area contributed by atoms with E-state index in [2.05, 4.69) is 27.2 Å². The topological polar surface area (TPSA) is 63.6 Å². The summed E-state index contributed by atoms with van der Waals surface area (Å²) >= 11 is 0.